The van der Waals surface area contributed by atoms with E-state index in [0.29, 0.717) is 4.47 Å². The van der Waals surface area contributed by atoms with Crippen LogP contribution in [0.3, 0.4) is 0 Å². The number of amides is 1. The van der Waals surface area contributed by atoms with Crippen LogP contribution in [0.5, 0.6) is 0 Å². The third-order valence-corrected chi connectivity index (χ3v) is 3.79. The van der Waals surface area contributed by atoms with Gasteiger partial charge in [0.15, 0.2) is 0 Å². The van der Waals surface area contributed by atoms with Crippen molar-refractivity contribution in [1.82, 2.24) is 4.90 Å². The molecule has 3 nitrogen and oxygen atoms in total. The number of carbonyl (C=O) groups excluding carboxylic acids is 1. The van der Waals surface area contributed by atoms with Gasteiger partial charge in [-0.1, -0.05) is 15.9 Å². The first kappa shape index (κ1) is 17.1. The molecule has 1 amide bonds. The third-order valence-electron chi connectivity index (χ3n) is 3.29. The van der Waals surface area contributed by atoms with E-state index in [-0.39, 0.29) is 24.6 Å². The summed E-state index contributed by atoms with van der Waals surface area (Å²) in [4.78, 5) is 13.3. The Morgan fingerprint density at radius 1 is 1.27 bits per heavy atom. The molecule has 22 heavy (non-hydrogen) atoms. The van der Waals surface area contributed by atoms with E-state index in [2.05, 4.69) is 15.9 Å². The summed E-state index contributed by atoms with van der Waals surface area (Å²) in [7, 11) is 0. The highest BCUT2D eigenvalue weighted by atomic mass is 79.9. The molecular weight excluding hydrogens is 363 g/mol. The molecule has 1 heterocycles. The van der Waals surface area contributed by atoms with Gasteiger partial charge in [-0.05, 0) is 44.5 Å². The number of rotatable bonds is 1. The van der Waals surface area contributed by atoms with Crippen molar-refractivity contribution < 1.29 is 22.7 Å². The van der Waals surface area contributed by atoms with Crippen molar-refractivity contribution in [3.05, 3.63) is 33.8 Å². The predicted molar refractivity (Wildman–Crippen MR) is 79.7 cm³/mol. The maximum Gasteiger partial charge on any atom is 0.416 e. The molecular formula is C15H17BrF3NO2. The average molecular weight is 380 g/mol. The van der Waals surface area contributed by atoms with Gasteiger partial charge in [0, 0.05) is 23.5 Å². The summed E-state index contributed by atoms with van der Waals surface area (Å²) in [5.41, 5.74) is -1.05. The van der Waals surface area contributed by atoms with Gasteiger partial charge in [0.2, 0.25) is 0 Å². The van der Waals surface area contributed by atoms with Gasteiger partial charge in [0.25, 0.3) is 0 Å². The summed E-state index contributed by atoms with van der Waals surface area (Å²) in [6.07, 6.45) is -4.89. The predicted octanol–water partition coefficient (Wildman–Crippen LogP) is 4.80. The second-order valence-corrected chi connectivity index (χ2v) is 7.23. The number of alkyl halides is 3. The lowest BCUT2D eigenvalue weighted by atomic mass is 9.88. The van der Waals surface area contributed by atoms with Crippen LogP contribution in [0.2, 0.25) is 0 Å². The van der Waals surface area contributed by atoms with Crippen molar-refractivity contribution in [2.75, 3.05) is 13.1 Å². The zero-order valence-corrected chi connectivity index (χ0v) is 14.1. The summed E-state index contributed by atoms with van der Waals surface area (Å²) < 4.78 is 45.0. The molecule has 2 rings (SSSR count). The minimum Gasteiger partial charge on any atom is -0.444 e. The van der Waals surface area contributed by atoms with Crippen molar-refractivity contribution in [3.63, 3.8) is 0 Å². The van der Waals surface area contributed by atoms with Gasteiger partial charge in [-0.2, -0.15) is 13.2 Å². The lowest BCUT2D eigenvalue weighted by Gasteiger charge is -2.40. The second-order valence-electron chi connectivity index (χ2n) is 6.31. The van der Waals surface area contributed by atoms with Crippen LogP contribution in [0.15, 0.2) is 22.7 Å². The molecule has 0 aliphatic carbocycles. The molecule has 1 fully saturated rings. The molecule has 0 saturated carbocycles. The van der Waals surface area contributed by atoms with E-state index in [0.717, 1.165) is 6.07 Å². The largest absolute Gasteiger partial charge is 0.444 e. The lowest BCUT2D eigenvalue weighted by Crippen LogP contribution is -2.50. The summed E-state index contributed by atoms with van der Waals surface area (Å²) in [6, 6.07) is 3.91. The zero-order chi connectivity index (χ0) is 16.7. The number of nitrogens with zero attached hydrogens (tertiary/aromatic N) is 1. The summed E-state index contributed by atoms with van der Waals surface area (Å²) >= 11 is 3.20. The standard InChI is InChI=1S/C15H17BrF3NO2/c1-14(2,3)22-13(21)20-7-9(8-20)11-6-10(16)4-5-12(11)15(17,18)19/h4-6,9H,7-8H2,1-3H3. The fraction of sp³-hybridized carbons (Fsp3) is 0.533. The third kappa shape index (κ3) is 3.94. The Balaban J connectivity index is 2.11. The number of carbonyl (C=O) groups is 1. The zero-order valence-electron chi connectivity index (χ0n) is 12.5. The molecule has 1 saturated heterocycles. The normalized spacial score (nSPS) is 16.4. The Labute approximate surface area is 135 Å². The number of benzene rings is 1. The molecule has 7 heteroatoms. The molecule has 122 valence electrons. The highest BCUT2D eigenvalue weighted by Crippen LogP contribution is 2.39. The van der Waals surface area contributed by atoms with Crippen LogP contribution < -0.4 is 0 Å². The fourth-order valence-corrected chi connectivity index (χ4v) is 2.66. The fourth-order valence-electron chi connectivity index (χ4n) is 2.28. The van der Waals surface area contributed by atoms with E-state index in [9.17, 15) is 18.0 Å². The van der Waals surface area contributed by atoms with Gasteiger partial charge >= 0.3 is 12.3 Å². The molecule has 0 spiro atoms. The van der Waals surface area contributed by atoms with E-state index in [4.69, 9.17) is 4.74 Å². The molecule has 0 unspecified atom stereocenters. The molecule has 0 bridgehead atoms. The molecule has 1 aliphatic rings. The summed E-state index contributed by atoms with van der Waals surface area (Å²) in [5.74, 6) is -0.332. The first-order valence-corrected chi connectivity index (χ1v) is 7.61. The highest BCUT2D eigenvalue weighted by Gasteiger charge is 2.40. The highest BCUT2D eigenvalue weighted by molar-refractivity contribution is 9.10. The number of hydrogen-bond acceptors (Lipinski definition) is 2. The van der Waals surface area contributed by atoms with Gasteiger partial charge < -0.3 is 9.64 Å². The SMILES string of the molecule is CC(C)(C)OC(=O)N1CC(c2cc(Br)ccc2C(F)(F)F)C1. The van der Waals surface area contributed by atoms with E-state index in [1.54, 1.807) is 20.8 Å². The Kier molecular flexibility index (Phi) is 4.48. The Morgan fingerprint density at radius 2 is 1.86 bits per heavy atom. The summed E-state index contributed by atoms with van der Waals surface area (Å²) in [6.45, 7) is 5.71. The van der Waals surface area contributed by atoms with Crippen molar-refractivity contribution in [1.29, 1.82) is 0 Å². The molecule has 0 atom stereocenters. The van der Waals surface area contributed by atoms with Gasteiger partial charge in [0.1, 0.15) is 5.60 Å². The topological polar surface area (TPSA) is 29.5 Å². The van der Waals surface area contributed by atoms with Crippen molar-refractivity contribution in [2.24, 2.45) is 0 Å². The van der Waals surface area contributed by atoms with Crippen LogP contribution in [0.25, 0.3) is 0 Å². The van der Waals surface area contributed by atoms with Crippen molar-refractivity contribution >= 4 is 22.0 Å². The van der Waals surface area contributed by atoms with Crippen molar-refractivity contribution in [2.45, 2.75) is 38.5 Å². The molecule has 1 aromatic rings. The quantitative estimate of drug-likeness (QED) is 0.701. The van der Waals surface area contributed by atoms with Crippen molar-refractivity contribution in [3.8, 4) is 0 Å². The molecule has 0 N–H and O–H groups in total. The van der Waals surface area contributed by atoms with Crippen LogP contribution in [0.4, 0.5) is 18.0 Å². The van der Waals surface area contributed by atoms with E-state index in [1.807, 2.05) is 0 Å². The maximum atomic E-state index is 13.1. The van der Waals surface area contributed by atoms with E-state index in [1.165, 1.54) is 17.0 Å². The van der Waals surface area contributed by atoms with Gasteiger partial charge in [-0.25, -0.2) is 4.79 Å². The van der Waals surface area contributed by atoms with E-state index < -0.39 is 23.4 Å². The summed E-state index contributed by atoms with van der Waals surface area (Å²) in [5, 5.41) is 0. The average Bonchev–Trinajstić information content (AvgIpc) is 2.22. The van der Waals surface area contributed by atoms with Crippen LogP contribution >= 0.6 is 15.9 Å². The van der Waals surface area contributed by atoms with Gasteiger partial charge in [0.05, 0.1) is 5.56 Å². The van der Waals surface area contributed by atoms with E-state index >= 15 is 0 Å². The molecule has 1 aliphatic heterocycles. The maximum absolute atomic E-state index is 13.1. The number of likely N-dealkylation sites (tertiary alicyclic amines) is 1. The first-order valence-electron chi connectivity index (χ1n) is 6.82. The van der Waals surface area contributed by atoms with Gasteiger partial charge in [-0.3, -0.25) is 0 Å². The van der Waals surface area contributed by atoms with Crippen LogP contribution in [0.1, 0.15) is 37.8 Å². The Bertz CT molecular complexity index is 575. The Morgan fingerprint density at radius 3 is 2.36 bits per heavy atom. The first-order chi connectivity index (χ1) is 9.97. The molecule has 0 radical (unpaired) electrons. The van der Waals surface area contributed by atoms with Gasteiger partial charge in [-0.15, -0.1) is 0 Å². The minimum atomic E-state index is -4.40. The van der Waals surface area contributed by atoms with Crippen LogP contribution in [-0.2, 0) is 10.9 Å². The molecule has 0 aromatic heterocycles. The number of halogens is 4. The smallest absolute Gasteiger partial charge is 0.416 e. The second kappa shape index (κ2) is 5.76. The Hall–Kier alpha value is -1.24. The van der Waals surface area contributed by atoms with Crippen LogP contribution in [0, 0.1) is 0 Å². The lowest BCUT2D eigenvalue weighted by molar-refractivity contribution is -0.138. The number of ether oxygens (including phenoxy) is 1. The van der Waals surface area contributed by atoms with Crippen LogP contribution in [-0.4, -0.2) is 29.7 Å². The monoisotopic (exact) mass is 379 g/mol. The number of hydrogen-bond donors (Lipinski definition) is 0. The molecule has 1 aromatic carbocycles. The minimum absolute atomic E-state index is 0.210.